The summed E-state index contributed by atoms with van der Waals surface area (Å²) in [5, 5.41) is 13.7. The maximum atomic E-state index is 12.8. The molecule has 0 aliphatic carbocycles. The van der Waals surface area contributed by atoms with Crippen LogP contribution >= 0.6 is 7.82 Å². The van der Waals surface area contributed by atoms with E-state index in [0.717, 1.165) is 44.9 Å². The Morgan fingerprint density at radius 3 is 1.61 bits per heavy atom. The van der Waals surface area contributed by atoms with E-state index in [4.69, 9.17) is 9.05 Å². The van der Waals surface area contributed by atoms with Crippen molar-refractivity contribution in [3.05, 3.63) is 60.8 Å². The van der Waals surface area contributed by atoms with Crippen molar-refractivity contribution in [1.82, 2.24) is 5.32 Å². The summed E-state index contributed by atoms with van der Waals surface area (Å²) in [4.78, 5) is 25.2. The first-order chi connectivity index (χ1) is 26.0. The molecule has 9 heteroatoms. The van der Waals surface area contributed by atoms with Gasteiger partial charge in [0.1, 0.15) is 13.2 Å². The summed E-state index contributed by atoms with van der Waals surface area (Å²) in [6.45, 7) is 4.46. The predicted molar refractivity (Wildman–Crippen MR) is 228 cm³/mol. The van der Waals surface area contributed by atoms with Gasteiger partial charge in [0, 0.05) is 6.42 Å². The molecule has 0 spiro atoms. The van der Waals surface area contributed by atoms with Crippen LogP contribution in [0, 0.1) is 0 Å². The van der Waals surface area contributed by atoms with Crippen LogP contribution in [0.3, 0.4) is 0 Å². The van der Waals surface area contributed by atoms with Crippen LogP contribution in [0.2, 0.25) is 0 Å². The third kappa shape index (κ3) is 38.5. The second-order valence-electron chi connectivity index (χ2n) is 15.7. The predicted octanol–water partition coefficient (Wildman–Crippen LogP) is 11.2. The average molecular weight is 779 g/mol. The number of aliphatic hydroxyl groups is 1. The summed E-state index contributed by atoms with van der Waals surface area (Å²) < 4.78 is 23.1. The molecule has 0 aromatic rings. The van der Waals surface area contributed by atoms with Gasteiger partial charge in [0.15, 0.2) is 0 Å². The Labute approximate surface area is 332 Å². The number of hydrogen-bond acceptors (Lipinski definition) is 6. The van der Waals surface area contributed by atoms with Gasteiger partial charge in [-0.25, -0.2) is 0 Å². The lowest BCUT2D eigenvalue weighted by molar-refractivity contribution is -0.870. The summed E-state index contributed by atoms with van der Waals surface area (Å²) in [5.74, 6) is -0.279. The number of aliphatic hydroxyl groups excluding tert-OH is 1. The minimum absolute atomic E-state index is 0.0159. The molecule has 0 aliphatic rings. The molecular weight excluding hydrogens is 695 g/mol. The summed E-state index contributed by atoms with van der Waals surface area (Å²) in [7, 11) is 1.21. The first-order valence-corrected chi connectivity index (χ1v) is 23.1. The fourth-order valence-electron chi connectivity index (χ4n) is 5.81. The van der Waals surface area contributed by atoms with Crippen molar-refractivity contribution >= 4 is 13.7 Å². The number of likely N-dealkylation sites (N-methyl/N-ethyl adjacent to an activating group) is 1. The number of rotatable bonds is 38. The van der Waals surface area contributed by atoms with Gasteiger partial charge in [0.2, 0.25) is 5.91 Å². The number of hydrogen-bond donors (Lipinski definition) is 2. The van der Waals surface area contributed by atoms with Crippen molar-refractivity contribution in [2.24, 2.45) is 0 Å². The van der Waals surface area contributed by atoms with Crippen molar-refractivity contribution < 1.29 is 32.9 Å². The van der Waals surface area contributed by atoms with Gasteiger partial charge in [0.05, 0.1) is 39.9 Å². The molecule has 8 nitrogen and oxygen atoms in total. The lowest BCUT2D eigenvalue weighted by Crippen LogP contribution is -2.45. The maximum Gasteiger partial charge on any atom is 0.268 e. The van der Waals surface area contributed by atoms with E-state index in [1.165, 1.54) is 96.3 Å². The van der Waals surface area contributed by atoms with E-state index in [-0.39, 0.29) is 18.9 Å². The monoisotopic (exact) mass is 779 g/mol. The standard InChI is InChI=1S/C45H83N2O6P/c1-6-8-10-12-14-16-18-20-21-22-23-24-25-27-28-30-32-34-36-38-44(48)43(42-53-54(50,51)52-41-40-47(3,4)5)46-45(49)39-37-35-33-31-29-26-19-17-15-13-11-9-7-2/h9,11,15,17,26,29,33,35-36,38,43-44,48H,6-8,10,12-14,16,18-25,27-28,30-32,34,37,39-42H2,1-5H3,(H-,46,49,50,51)/b11-9-,17-15-,29-26-,35-33-,38-36+. The van der Waals surface area contributed by atoms with Crippen LogP contribution < -0.4 is 10.2 Å². The zero-order valence-corrected chi connectivity index (χ0v) is 36.3. The number of amides is 1. The number of quaternary nitrogens is 1. The molecule has 3 unspecified atom stereocenters. The van der Waals surface area contributed by atoms with Gasteiger partial charge in [-0.1, -0.05) is 177 Å². The molecule has 0 aliphatic heterocycles. The van der Waals surface area contributed by atoms with Crippen LogP contribution in [-0.4, -0.2) is 68.5 Å². The number of nitrogens with zero attached hydrogens (tertiary/aromatic N) is 1. The molecule has 0 rings (SSSR count). The minimum Gasteiger partial charge on any atom is -0.756 e. The number of phosphoric ester groups is 1. The summed E-state index contributed by atoms with van der Waals surface area (Å²) in [6.07, 6.45) is 47.2. The van der Waals surface area contributed by atoms with Crippen LogP contribution in [0.25, 0.3) is 0 Å². The third-order valence-electron chi connectivity index (χ3n) is 9.25. The number of nitrogens with one attached hydrogen (secondary N) is 1. The van der Waals surface area contributed by atoms with E-state index in [1.807, 2.05) is 39.4 Å². The van der Waals surface area contributed by atoms with Gasteiger partial charge < -0.3 is 28.8 Å². The van der Waals surface area contributed by atoms with E-state index in [9.17, 15) is 19.4 Å². The van der Waals surface area contributed by atoms with Gasteiger partial charge in [0.25, 0.3) is 7.82 Å². The summed E-state index contributed by atoms with van der Waals surface area (Å²) >= 11 is 0. The molecule has 0 aromatic carbocycles. The normalized spacial score (nSPS) is 15.0. The lowest BCUT2D eigenvalue weighted by atomic mass is 10.0. The largest absolute Gasteiger partial charge is 0.756 e. The minimum atomic E-state index is -4.61. The van der Waals surface area contributed by atoms with Gasteiger partial charge in [-0.2, -0.15) is 0 Å². The van der Waals surface area contributed by atoms with Crippen LogP contribution in [-0.2, 0) is 18.4 Å². The highest BCUT2D eigenvalue weighted by molar-refractivity contribution is 7.45. The maximum absolute atomic E-state index is 12.8. The zero-order chi connectivity index (χ0) is 40.0. The molecule has 54 heavy (non-hydrogen) atoms. The molecular formula is C45H83N2O6P. The first kappa shape index (κ1) is 52.2. The van der Waals surface area contributed by atoms with Gasteiger partial charge in [-0.3, -0.25) is 9.36 Å². The Morgan fingerprint density at radius 1 is 0.667 bits per heavy atom. The fourth-order valence-corrected chi connectivity index (χ4v) is 6.53. The smallest absolute Gasteiger partial charge is 0.268 e. The molecule has 3 atom stereocenters. The van der Waals surface area contributed by atoms with E-state index < -0.39 is 26.6 Å². The Bertz CT molecular complexity index is 1060. The number of allylic oxidation sites excluding steroid dienone is 9. The molecule has 2 N–H and O–H groups in total. The number of carbonyl (C=O) groups excluding carboxylic acids is 1. The van der Waals surface area contributed by atoms with Gasteiger partial charge >= 0.3 is 0 Å². The van der Waals surface area contributed by atoms with Crippen LogP contribution in [0.1, 0.15) is 168 Å². The molecule has 0 bridgehead atoms. The van der Waals surface area contributed by atoms with Crippen molar-refractivity contribution in [1.29, 1.82) is 0 Å². The molecule has 0 saturated carbocycles. The Balaban J connectivity index is 4.51. The van der Waals surface area contributed by atoms with Gasteiger partial charge in [-0.15, -0.1) is 0 Å². The SMILES string of the molecule is CC/C=C\C/C=C\C/C=C\C/C=C\CCC(=O)NC(COP(=O)([O-])OCC[N+](C)(C)C)C(O)/C=C/CCCCCCCCCCCCCCCCCCC. The van der Waals surface area contributed by atoms with Crippen molar-refractivity contribution in [2.45, 2.75) is 180 Å². The topological polar surface area (TPSA) is 108 Å². The second kappa shape index (κ2) is 36.8. The van der Waals surface area contributed by atoms with Crippen LogP contribution in [0.5, 0.6) is 0 Å². The number of unbranched alkanes of at least 4 members (excludes halogenated alkanes) is 17. The van der Waals surface area contributed by atoms with E-state index in [2.05, 4.69) is 55.6 Å². The summed E-state index contributed by atoms with van der Waals surface area (Å²) in [5.41, 5.74) is 0. The molecule has 0 fully saturated rings. The molecule has 0 saturated heterocycles. The van der Waals surface area contributed by atoms with Crippen molar-refractivity contribution in [3.8, 4) is 0 Å². The molecule has 0 radical (unpaired) electrons. The summed E-state index contributed by atoms with van der Waals surface area (Å²) in [6, 6.07) is -0.925. The Kier molecular flexibility index (Phi) is 35.6. The van der Waals surface area contributed by atoms with Crippen molar-refractivity contribution in [3.63, 3.8) is 0 Å². The average Bonchev–Trinajstić information content (AvgIpc) is 3.12. The molecule has 314 valence electrons. The highest BCUT2D eigenvalue weighted by Crippen LogP contribution is 2.38. The van der Waals surface area contributed by atoms with Crippen molar-refractivity contribution in [2.75, 3.05) is 40.9 Å². The van der Waals surface area contributed by atoms with E-state index >= 15 is 0 Å². The lowest BCUT2D eigenvalue weighted by Gasteiger charge is -2.29. The third-order valence-corrected chi connectivity index (χ3v) is 10.2. The van der Waals surface area contributed by atoms with Gasteiger partial charge in [-0.05, 0) is 44.9 Å². The zero-order valence-electron chi connectivity index (χ0n) is 35.4. The fraction of sp³-hybridized carbons (Fsp3) is 0.756. The Morgan fingerprint density at radius 2 is 1.13 bits per heavy atom. The number of carbonyl (C=O) groups is 1. The molecule has 1 amide bonds. The van der Waals surface area contributed by atoms with Crippen LogP contribution in [0.4, 0.5) is 0 Å². The molecule has 0 aromatic heterocycles. The highest BCUT2D eigenvalue weighted by Gasteiger charge is 2.23. The second-order valence-corrected chi connectivity index (χ2v) is 17.1. The quantitative estimate of drug-likeness (QED) is 0.0280. The Hall–Kier alpha value is -1.80. The van der Waals surface area contributed by atoms with Crippen LogP contribution in [0.15, 0.2) is 60.8 Å². The number of phosphoric acid groups is 1. The van der Waals surface area contributed by atoms with E-state index in [0.29, 0.717) is 17.4 Å². The molecule has 0 heterocycles. The first-order valence-electron chi connectivity index (χ1n) is 21.7. The highest BCUT2D eigenvalue weighted by atomic mass is 31.2. The van der Waals surface area contributed by atoms with E-state index in [1.54, 1.807) is 6.08 Å².